The Morgan fingerprint density at radius 1 is 0.316 bits per heavy atom. The van der Waals surface area contributed by atoms with Gasteiger partial charge in [0.05, 0.1) is 11.0 Å². The minimum atomic E-state index is 0.847. The van der Waals surface area contributed by atoms with Crippen molar-refractivity contribution < 1.29 is 4.42 Å². The fraction of sp³-hybridized carbons (Fsp3) is 0. The Kier molecular flexibility index (Phi) is 7.82. The van der Waals surface area contributed by atoms with E-state index < -0.39 is 0 Å². The van der Waals surface area contributed by atoms with Crippen LogP contribution in [0.15, 0.2) is 223 Å². The molecule has 9 aromatic carbocycles. The molecule has 0 bridgehead atoms. The van der Waals surface area contributed by atoms with Gasteiger partial charge < -0.3 is 13.9 Å². The van der Waals surface area contributed by atoms with Crippen molar-refractivity contribution in [1.82, 2.24) is 4.57 Å². The number of fused-ring (bicyclic) bond motifs is 7. The van der Waals surface area contributed by atoms with Crippen LogP contribution in [-0.2, 0) is 0 Å². The monoisotopic (exact) mass is 728 g/mol. The molecule has 0 N–H and O–H groups in total. The highest BCUT2D eigenvalue weighted by Gasteiger charge is 2.21. The molecule has 57 heavy (non-hydrogen) atoms. The van der Waals surface area contributed by atoms with Gasteiger partial charge in [-0.2, -0.15) is 0 Å². The number of hydrogen-bond acceptors (Lipinski definition) is 2. The highest BCUT2D eigenvalue weighted by atomic mass is 16.3. The molecular weight excluding hydrogens is 693 g/mol. The van der Waals surface area contributed by atoms with Crippen LogP contribution < -0.4 is 4.90 Å². The van der Waals surface area contributed by atoms with Crippen LogP contribution in [0.3, 0.4) is 0 Å². The highest BCUT2D eigenvalue weighted by molar-refractivity contribution is 6.27. The van der Waals surface area contributed by atoms with Gasteiger partial charge in [0.15, 0.2) is 0 Å². The van der Waals surface area contributed by atoms with Gasteiger partial charge in [0.25, 0.3) is 0 Å². The average Bonchev–Trinajstić information content (AvgIpc) is 3.83. The molecule has 3 nitrogen and oxygen atoms in total. The standard InChI is InChI=1S/C54H36N2O/c1-5-15-37(16-6-1)40-25-27-44(28-26-40)55(46-34-41(38-17-7-2-8-18-38)33-42(35-46)39-19-9-3-10-20-39)45-29-30-48-52(36-45)57-51-32-31-50-53(54(48)51)47-23-13-14-24-49(47)56(50)43-21-11-4-12-22-43/h1-36H. The fourth-order valence-electron chi connectivity index (χ4n) is 8.52. The van der Waals surface area contributed by atoms with Gasteiger partial charge in [-0.15, -0.1) is 0 Å². The van der Waals surface area contributed by atoms with Crippen LogP contribution in [-0.4, -0.2) is 4.57 Å². The summed E-state index contributed by atoms with van der Waals surface area (Å²) < 4.78 is 9.18. The van der Waals surface area contributed by atoms with E-state index in [1.807, 2.05) is 0 Å². The lowest BCUT2D eigenvalue weighted by Crippen LogP contribution is -2.10. The average molecular weight is 729 g/mol. The Morgan fingerprint density at radius 3 is 1.51 bits per heavy atom. The van der Waals surface area contributed by atoms with Crippen molar-refractivity contribution >= 4 is 60.8 Å². The molecule has 0 amide bonds. The van der Waals surface area contributed by atoms with Crippen molar-refractivity contribution in [3.05, 3.63) is 218 Å². The summed E-state index contributed by atoms with van der Waals surface area (Å²) >= 11 is 0. The molecule has 0 spiro atoms. The third-order valence-corrected chi connectivity index (χ3v) is 11.2. The van der Waals surface area contributed by atoms with E-state index in [-0.39, 0.29) is 0 Å². The normalized spacial score (nSPS) is 11.5. The van der Waals surface area contributed by atoms with Crippen LogP contribution >= 0.6 is 0 Å². The molecule has 0 saturated carbocycles. The van der Waals surface area contributed by atoms with Gasteiger partial charge in [0, 0.05) is 50.4 Å². The van der Waals surface area contributed by atoms with Gasteiger partial charge in [-0.25, -0.2) is 0 Å². The molecule has 0 atom stereocenters. The summed E-state index contributed by atoms with van der Waals surface area (Å²) in [4.78, 5) is 2.36. The van der Waals surface area contributed by atoms with Gasteiger partial charge in [0.1, 0.15) is 11.2 Å². The molecule has 0 aliphatic heterocycles. The summed E-state index contributed by atoms with van der Waals surface area (Å²) in [6, 6.07) is 78.0. The van der Waals surface area contributed by atoms with Gasteiger partial charge in [0.2, 0.25) is 0 Å². The first-order chi connectivity index (χ1) is 28.3. The SMILES string of the molecule is c1ccc(-c2ccc(N(c3cc(-c4ccccc4)cc(-c4ccccc4)c3)c3ccc4c(c3)oc3ccc5c(c6ccccc6n5-c5ccccc5)c34)cc2)cc1. The highest BCUT2D eigenvalue weighted by Crippen LogP contribution is 2.45. The van der Waals surface area contributed by atoms with Crippen LogP contribution in [0.2, 0.25) is 0 Å². The number of furan rings is 1. The third-order valence-electron chi connectivity index (χ3n) is 11.2. The second-order valence-electron chi connectivity index (χ2n) is 14.6. The maximum absolute atomic E-state index is 6.81. The predicted octanol–water partition coefficient (Wildman–Crippen LogP) is 15.2. The first-order valence-electron chi connectivity index (χ1n) is 19.4. The van der Waals surface area contributed by atoms with E-state index in [0.29, 0.717) is 0 Å². The zero-order chi connectivity index (χ0) is 37.7. The number of anilines is 3. The quantitative estimate of drug-likeness (QED) is 0.163. The molecule has 11 rings (SSSR count). The second-order valence-corrected chi connectivity index (χ2v) is 14.6. The second kappa shape index (κ2) is 13.6. The van der Waals surface area contributed by atoms with Crippen molar-refractivity contribution in [3.63, 3.8) is 0 Å². The first kappa shape index (κ1) is 32.8. The summed E-state index contributed by atoms with van der Waals surface area (Å²) in [5, 5.41) is 4.64. The van der Waals surface area contributed by atoms with Crippen molar-refractivity contribution in [2.45, 2.75) is 0 Å². The Bertz CT molecular complexity index is 3140. The van der Waals surface area contributed by atoms with E-state index in [0.717, 1.165) is 61.3 Å². The lowest BCUT2D eigenvalue weighted by atomic mass is 9.97. The topological polar surface area (TPSA) is 21.3 Å². The molecule has 0 saturated heterocycles. The molecule has 0 unspecified atom stereocenters. The van der Waals surface area contributed by atoms with Gasteiger partial charge in [-0.3, -0.25) is 0 Å². The Balaban J connectivity index is 1.13. The van der Waals surface area contributed by atoms with E-state index in [4.69, 9.17) is 4.42 Å². The number of para-hydroxylation sites is 2. The number of rotatable bonds is 7. The van der Waals surface area contributed by atoms with E-state index in [2.05, 4.69) is 228 Å². The van der Waals surface area contributed by atoms with Crippen LogP contribution in [0.5, 0.6) is 0 Å². The molecule has 0 aliphatic rings. The zero-order valence-corrected chi connectivity index (χ0v) is 31.1. The van der Waals surface area contributed by atoms with Gasteiger partial charge in [-0.05, 0) is 106 Å². The van der Waals surface area contributed by atoms with Gasteiger partial charge in [-0.1, -0.05) is 140 Å². The summed E-state index contributed by atoms with van der Waals surface area (Å²) in [7, 11) is 0. The molecule has 268 valence electrons. The molecule has 2 heterocycles. The van der Waals surface area contributed by atoms with Crippen molar-refractivity contribution in [2.24, 2.45) is 0 Å². The van der Waals surface area contributed by atoms with Crippen LogP contribution in [0.1, 0.15) is 0 Å². The van der Waals surface area contributed by atoms with Crippen molar-refractivity contribution in [3.8, 4) is 39.1 Å². The largest absolute Gasteiger partial charge is 0.456 e. The van der Waals surface area contributed by atoms with E-state index in [9.17, 15) is 0 Å². The van der Waals surface area contributed by atoms with E-state index in [1.54, 1.807) is 0 Å². The lowest BCUT2D eigenvalue weighted by Gasteiger charge is -2.27. The van der Waals surface area contributed by atoms with Crippen LogP contribution in [0, 0.1) is 0 Å². The van der Waals surface area contributed by atoms with Crippen LogP contribution in [0.4, 0.5) is 17.1 Å². The molecule has 0 fully saturated rings. The summed E-state index contributed by atoms with van der Waals surface area (Å²) in [5.41, 5.74) is 15.3. The minimum Gasteiger partial charge on any atom is -0.456 e. The molecule has 3 heteroatoms. The van der Waals surface area contributed by atoms with Gasteiger partial charge >= 0.3 is 0 Å². The summed E-state index contributed by atoms with van der Waals surface area (Å²) in [5.74, 6) is 0. The number of nitrogens with zero attached hydrogens (tertiary/aromatic N) is 2. The lowest BCUT2D eigenvalue weighted by molar-refractivity contribution is 0.669. The predicted molar refractivity (Wildman–Crippen MR) is 239 cm³/mol. The van der Waals surface area contributed by atoms with Crippen molar-refractivity contribution in [1.29, 1.82) is 0 Å². The first-order valence-corrected chi connectivity index (χ1v) is 19.4. The molecule has 11 aromatic rings. The smallest absolute Gasteiger partial charge is 0.137 e. The molecule has 0 radical (unpaired) electrons. The van der Waals surface area contributed by atoms with Crippen molar-refractivity contribution in [2.75, 3.05) is 4.90 Å². The van der Waals surface area contributed by atoms with E-state index in [1.165, 1.54) is 38.5 Å². The summed E-state index contributed by atoms with van der Waals surface area (Å²) in [6.45, 7) is 0. The zero-order valence-electron chi connectivity index (χ0n) is 31.1. The third kappa shape index (κ3) is 5.68. The summed E-state index contributed by atoms with van der Waals surface area (Å²) in [6.07, 6.45) is 0. The number of aromatic nitrogens is 1. The molecule has 2 aromatic heterocycles. The Hall–Kier alpha value is -7.62. The molecular formula is C54H36N2O. The maximum atomic E-state index is 6.81. The maximum Gasteiger partial charge on any atom is 0.137 e. The number of hydrogen-bond donors (Lipinski definition) is 0. The van der Waals surface area contributed by atoms with E-state index >= 15 is 0 Å². The minimum absolute atomic E-state index is 0.847. The Morgan fingerprint density at radius 2 is 0.860 bits per heavy atom. The fourth-order valence-corrected chi connectivity index (χ4v) is 8.52. The number of benzene rings is 9. The molecule has 0 aliphatic carbocycles. The Labute approximate surface area is 330 Å². The van der Waals surface area contributed by atoms with Crippen LogP contribution in [0.25, 0.3) is 82.8 Å².